The Balaban J connectivity index is 2.09. The second kappa shape index (κ2) is 6.04. The Morgan fingerprint density at radius 1 is 1.25 bits per heavy atom. The highest BCUT2D eigenvalue weighted by molar-refractivity contribution is 7.12. The molecule has 0 aliphatic heterocycles. The van der Waals surface area contributed by atoms with Crippen molar-refractivity contribution in [1.82, 2.24) is 5.32 Å². The first-order chi connectivity index (χ1) is 9.38. The summed E-state index contributed by atoms with van der Waals surface area (Å²) in [5, 5.41) is 3.41. The molecule has 0 saturated heterocycles. The molecule has 0 aliphatic rings. The number of amides is 1. The number of nitrogen functional groups attached to an aromatic ring is 1. The van der Waals surface area contributed by atoms with E-state index in [-0.39, 0.29) is 21.6 Å². The van der Waals surface area contributed by atoms with Crippen LogP contribution in [0.2, 0.25) is 10.0 Å². The fraction of sp³-hybridized carbons (Fsp3) is 0.214. The van der Waals surface area contributed by atoms with Crippen molar-refractivity contribution >= 4 is 46.1 Å². The second-order valence-corrected chi connectivity index (χ2v) is 6.64. The number of hydrogen-bond acceptors (Lipinski definition) is 3. The number of benzene rings is 1. The number of thiophene rings is 1. The van der Waals surface area contributed by atoms with E-state index >= 15 is 0 Å². The van der Waals surface area contributed by atoms with Crippen LogP contribution < -0.4 is 11.1 Å². The predicted octanol–water partition coefficient (Wildman–Crippen LogP) is 4.18. The van der Waals surface area contributed by atoms with E-state index < -0.39 is 0 Å². The molecule has 0 fully saturated rings. The summed E-state index contributed by atoms with van der Waals surface area (Å²) in [4.78, 5) is 14.4. The van der Waals surface area contributed by atoms with Crippen LogP contribution in [0.4, 0.5) is 5.69 Å². The average molecular weight is 329 g/mol. The predicted molar refractivity (Wildman–Crippen MR) is 85.8 cm³/mol. The summed E-state index contributed by atoms with van der Waals surface area (Å²) in [5.74, 6) is -0.225. The van der Waals surface area contributed by atoms with Gasteiger partial charge >= 0.3 is 0 Å². The number of anilines is 1. The highest BCUT2D eigenvalue weighted by atomic mass is 35.5. The van der Waals surface area contributed by atoms with E-state index in [9.17, 15) is 4.79 Å². The van der Waals surface area contributed by atoms with E-state index in [0.717, 1.165) is 4.88 Å². The van der Waals surface area contributed by atoms with E-state index in [1.165, 1.54) is 22.6 Å². The van der Waals surface area contributed by atoms with Crippen molar-refractivity contribution in [3.8, 4) is 0 Å². The van der Waals surface area contributed by atoms with Crippen LogP contribution in [0, 0.1) is 13.8 Å². The molecule has 0 radical (unpaired) electrons. The monoisotopic (exact) mass is 328 g/mol. The van der Waals surface area contributed by atoms with Crippen LogP contribution in [0.25, 0.3) is 0 Å². The molecule has 3 N–H and O–H groups in total. The number of halogens is 2. The first-order valence-corrected chi connectivity index (χ1v) is 7.54. The summed E-state index contributed by atoms with van der Waals surface area (Å²) in [5.41, 5.74) is 7.56. The van der Waals surface area contributed by atoms with Gasteiger partial charge in [0.05, 0.1) is 22.3 Å². The van der Waals surface area contributed by atoms with E-state index in [2.05, 4.69) is 25.2 Å². The standard InChI is InChI=1S/C14H14Cl2N2OS/c1-7-3-10(20-8(7)2)6-18-14(19)9-4-11(15)13(17)12(16)5-9/h3-5H,6,17H2,1-2H3,(H,18,19). The lowest BCUT2D eigenvalue weighted by atomic mass is 10.2. The molecular formula is C14H14Cl2N2OS. The van der Waals surface area contributed by atoms with Gasteiger partial charge in [-0.1, -0.05) is 23.2 Å². The maximum Gasteiger partial charge on any atom is 0.251 e. The number of nitrogens with one attached hydrogen (secondary N) is 1. The molecule has 106 valence electrons. The molecular weight excluding hydrogens is 315 g/mol. The quantitative estimate of drug-likeness (QED) is 0.830. The molecule has 3 nitrogen and oxygen atoms in total. The average Bonchev–Trinajstić information content (AvgIpc) is 2.72. The minimum absolute atomic E-state index is 0.225. The van der Waals surface area contributed by atoms with Gasteiger partial charge < -0.3 is 11.1 Å². The Labute approximate surface area is 131 Å². The normalized spacial score (nSPS) is 10.6. The second-order valence-electron chi connectivity index (χ2n) is 4.49. The molecule has 2 aromatic rings. The van der Waals surface area contributed by atoms with Crippen LogP contribution in [0.15, 0.2) is 18.2 Å². The number of rotatable bonds is 3. The fourth-order valence-corrected chi connectivity index (χ4v) is 3.20. The maximum atomic E-state index is 12.1. The molecule has 6 heteroatoms. The molecule has 0 atom stereocenters. The Morgan fingerprint density at radius 3 is 2.35 bits per heavy atom. The lowest BCUT2D eigenvalue weighted by Gasteiger charge is -2.07. The molecule has 0 spiro atoms. The van der Waals surface area contributed by atoms with Crippen molar-refractivity contribution in [3.05, 3.63) is 49.1 Å². The van der Waals surface area contributed by atoms with Crippen molar-refractivity contribution in [2.24, 2.45) is 0 Å². The fourth-order valence-electron chi connectivity index (χ4n) is 1.72. The van der Waals surface area contributed by atoms with Crippen molar-refractivity contribution in [2.75, 3.05) is 5.73 Å². The Kier molecular flexibility index (Phi) is 4.58. The summed E-state index contributed by atoms with van der Waals surface area (Å²) in [7, 11) is 0. The van der Waals surface area contributed by atoms with E-state index in [0.29, 0.717) is 12.1 Å². The zero-order chi connectivity index (χ0) is 14.9. The zero-order valence-electron chi connectivity index (χ0n) is 11.1. The van der Waals surface area contributed by atoms with Crippen LogP contribution >= 0.6 is 34.5 Å². The van der Waals surface area contributed by atoms with Crippen molar-refractivity contribution in [3.63, 3.8) is 0 Å². The van der Waals surface area contributed by atoms with Crippen molar-refractivity contribution in [1.29, 1.82) is 0 Å². The van der Waals surface area contributed by atoms with E-state index in [4.69, 9.17) is 28.9 Å². The van der Waals surface area contributed by atoms with Gasteiger partial charge in [-0.15, -0.1) is 11.3 Å². The number of aryl methyl sites for hydroxylation is 2. The summed E-state index contributed by atoms with van der Waals surface area (Å²) in [6, 6.07) is 5.11. The topological polar surface area (TPSA) is 55.1 Å². The highest BCUT2D eigenvalue weighted by Gasteiger charge is 2.11. The Morgan fingerprint density at radius 2 is 1.85 bits per heavy atom. The van der Waals surface area contributed by atoms with E-state index in [1.54, 1.807) is 11.3 Å². The molecule has 20 heavy (non-hydrogen) atoms. The van der Waals surface area contributed by atoms with Gasteiger partial charge in [-0.25, -0.2) is 0 Å². The largest absolute Gasteiger partial charge is 0.396 e. The first-order valence-electron chi connectivity index (χ1n) is 5.97. The summed E-state index contributed by atoms with van der Waals surface area (Å²) >= 11 is 13.5. The number of hydrogen-bond donors (Lipinski definition) is 2. The highest BCUT2D eigenvalue weighted by Crippen LogP contribution is 2.28. The minimum atomic E-state index is -0.225. The van der Waals surface area contributed by atoms with Crippen molar-refractivity contribution < 1.29 is 4.79 Å². The molecule has 0 bridgehead atoms. The lowest BCUT2D eigenvalue weighted by molar-refractivity contribution is 0.0951. The van der Waals surface area contributed by atoms with Gasteiger partial charge in [0, 0.05) is 15.3 Å². The molecule has 1 aromatic heterocycles. The first kappa shape index (κ1) is 15.2. The summed E-state index contributed by atoms with van der Waals surface area (Å²) in [6.07, 6.45) is 0. The summed E-state index contributed by atoms with van der Waals surface area (Å²) < 4.78 is 0. The lowest BCUT2D eigenvalue weighted by Crippen LogP contribution is -2.22. The van der Waals surface area contributed by atoms with Crippen molar-refractivity contribution in [2.45, 2.75) is 20.4 Å². The zero-order valence-corrected chi connectivity index (χ0v) is 13.4. The minimum Gasteiger partial charge on any atom is -0.396 e. The van der Waals surface area contributed by atoms with E-state index in [1.807, 2.05) is 0 Å². The molecule has 1 amide bonds. The van der Waals surface area contributed by atoms with Gasteiger partial charge in [-0.2, -0.15) is 0 Å². The van der Waals surface area contributed by atoms with Crippen LogP contribution in [-0.4, -0.2) is 5.91 Å². The molecule has 0 aliphatic carbocycles. The van der Waals surface area contributed by atoms with Crippen LogP contribution in [0.3, 0.4) is 0 Å². The van der Waals surface area contributed by atoms with Crippen LogP contribution in [0.1, 0.15) is 25.7 Å². The van der Waals surface area contributed by atoms with Crippen LogP contribution in [0.5, 0.6) is 0 Å². The van der Waals surface area contributed by atoms with Crippen LogP contribution in [-0.2, 0) is 6.54 Å². The smallest absolute Gasteiger partial charge is 0.251 e. The Hall–Kier alpha value is -1.23. The number of carbonyl (C=O) groups is 1. The molecule has 1 heterocycles. The third-order valence-electron chi connectivity index (χ3n) is 2.98. The van der Waals surface area contributed by atoms with Gasteiger partial charge in [0.15, 0.2) is 0 Å². The number of carbonyl (C=O) groups excluding carboxylic acids is 1. The molecule has 1 aromatic carbocycles. The van der Waals surface area contributed by atoms with Gasteiger partial charge in [-0.05, 0) is 37.6 Å². The molecule has 2 rings (SSSR count). The SMILES string of the molecule is Cc1cc(CNC(=O)c2cc(Cl)c(N)c(Cl)c2)sc1C. The van der Waals surface area contributed by atoms with Gasteiger partial charge in [0.1, 0.15) is 0 Å². The third-order valence-corrected chi connectivity index (χ3v) is 4.76. The van der Waals surface area contributed by atoms with Gasteiger partial charge in [0.2, 0.25) is 0 Å². The maximum absolute atomic E-state index is 12.1. The Bertz CT molecular complexity index is 625. The van der Waals surface area contributed by atoms with Gasteiger partial charge in [-0.3, -0.25) is 4.79 Å². The van der Waals surface area contributed by atoms with Gasteiger partial charge in [0.25, 0.3) is 5.91 Å². The molecule has 0 saturated carbocycles. The number of nitrogens with two attached hydrogens (primary N) is 1. The molecule has 0 unspecified atom stereocenters. The summed E-state index contributed by atoms with van der Waals surface area (Å²) in [6.45, 7) is 4.60. The third kappa shape index (κ3) is 3.26.